The third-order valence-corrected chi connectivity index (χ3v) is 4.18. The molecule has 0 saturated carbocycles. The molecule has 7 nitrogen and oxygen atoms in total. The lowest BCUT2D eigenvalue weighted by Gasteiger charge is -2.15. The summed E-state index contributed by atoms with van der Waals surface area (Å²) in [5.41, 5.74) is 1.47. The van der Waals surface area contributed by atoms with E-state index in [4.69, 9.17) is 18.9 Å². The van der Waals surface area contributed by atoms with Crippen molar-refractivity contribution >= 4 is 17.6 Å². The molecule has 0 bridgehead atoms. The summed E-state index contributed by atoms with van der Waals surface area (Å²) in [5.74, 6) is 1.08. The Kier molecular flexibility index (Phi) is 6.37. The number of esters is 1. The zero-order valence-electron chi connectivity index (χ0n) is 15.9. The second-order valence-corrected chi connectivity index (χ2v) is 6.24. The Morgan fingerprint density at radius 1 is 1.14 bits per heavy atom. The lowest BCUT2D eigenvalue weighted by atomic mass is 10.1. The Morgan fingerprint density at radius 3 is 2.75 bits per heavy atom. The Labute approximate surface area is 163 Å². The van der Waals surface area contributed by atoms with Crippen LogP contribution < -0.4 is 19.5 Å². The van der Waals surface area contributed by atoms with Gasteiger partial charge < -0.3 is 24.3 Å². The number of hydrogen-bond donors (Lipinski definition) is 1. The molecule has 1 heterocycles. The number of hydrogen-bond acceptors (Lipinski definition) is 6. The highest BCUT2D eigenvalue weighted by Gasteiger charge is 2.20. The molecule has 7 heteroatoms. The minimum Gasteiger partial charge on any atom is -0.492 e. The number of fused-ring (bicyclic) bond motifs is 1. The Morgan fingerprint density at radius 2 is 1.93 bits per heavy atom. The highest BCUT2D eigenvalue weighted by molar-refractivity contribution is 5.96. The molecule has 3 rings (SSSR count). The zero-order chi connectivity index (χ0) is 19.9. The number of ether oxygens (including phenoxy) is 4. The molecule has 1 unspecified atom stereocenters. The van der Waals surface area contributed by atoms with Gasteiger partial charge in [-0.25, -0.2) is 0 Å². The lowest BCUT2D eigenvalue weighted by molar-refractivity contribution is -0.153. The average Bonchev–Trinajstić information content (AvgIpc) is 3.16. The molecule has 28 heavy (non-hydrogen) atoms. The van der Waals surface area contributed by atoms with Crippen LogP contribution in [0.1, 0.15) is 25.8 Å². The van der Waals surface area contributed by atoms with E-state index in [-0.39, 0.29) is 13.2 Å². The van der Waals surface area contributed by atoms with Gasteiger partial charge in [0.2, 0.25) is 6.79 Å². The summed E-state index contributed by atoms with van der Waals surface area (Å²) in [4.78, 5) is 24.4. The molecule has 0 saturated heterocycles. The van der Waals surface area contributed by atoms with Gasteiger partial charge in [-0.3, -0.25) is 9.59 Å². The van der Waals surface area contributed by atoms with Gasteiger partial charge in [0.05, 0.1) is 12.3 Å². The monoisotopic (exact) mass is 385 g/mol. The average molecular weight is 385 g/mol. The molecular weight excluding hydrogens is 362 g/mol. The molecule has 1 amide bonds. The lowest BCUT2D eigenvalue weighted by Crippen LogP contribution is -2.30. The molecule has 0 radical (unpaired) electrons. The molecule has 1 atom stereocenters. The number of carbonyl (C=O) groups excluding carboxylic acids is 2. The van der Waals surface area contributed by atoms with E-state index in [2.05, 4.69) is 5.32 Å². The van der Waals surface area contributed by atoms with Crippen LogP contribution in [0.4, 0.5) is 5.69 Å². The minimum atomic E-state index is -0.918. The van der Waals surface area contributed by atoms with Crippen molar-refractivity contribution in [3.8, 4) is 17.2 Å². The van der Waals surface area contributed by atoms with Gasteiger partial charge in [0.1, 0.15) is 5.75 Å². The molecule has 2 aromatic carbocycles. The van der Waals surface area contributed by atoms with Crippen molar-refractivity contribution in [1.29, 1.82) is 0 Å². The minimum absolute atomic E-state index is 0.160. The molecule has 0 spiro atoms. The maximum atomic E-state index is 12.3. The predicted octanol–water partition coefficient (Wildman–Crippen LogP) is 3.32. The first-order valence-corrected chi connectivity index (χ1v) is 9.17. The summed E-state index contributed by atoms with van der Waals surface area (Å²) in [5, 5.41) is 2.73. The standard InChI is InChI=1S/C21H23NO6/c1-3-25-17-7-5-4-6-16(17)22-21(24)14(2)28-20(23)11-9-15-8-10-18-19(12-15)27-13-26-18/h4-8,10,12,14H,3,9,11,13H2,1-2H3,(H,22,24). The van der Waals surface area contributed by atoms with Crippen molar-refractivity contribution in [2.75, 3.05) is 18.7 Å². The summed E-state index contributed by atoms with van der Waals surface area (Å²) in [6.45, 7) is 4.09. The number of nitrogens with one attached hydrogen (secondary N) is 1. The summed E-state index contributed by atoms with van der Waals surface area (Å²) < 4.78 is 21.3. The largest absolute Gasteiger partial charge is 0.492 e. The molecule has 1 aliphatic rings. The first-order chi connectivity index (χ1) is 13.6. The fourth-order valence-electron chi connectivity index (χ4n) is 2.74. The molecule has 0 aliphatic carbocycles. The molecule has 1 N–H and O–H groups in total. The van der Waals surface area contributed by atoms with Crippen LogP contribution in [0, 0.1) is 0 Å². The van der Waals surface area contributed by atoms with Gasteiger partial charge in [0, 0.05) is 6.42 Å². The van der Waals surface area contributed by atoms with E-state index < -0.39 is 18.0 Å². The van der Waals surface area contributed by atoms with Crippen LogP contribution in [-0.4, -0.2) is 31.4 Å². The smallest absolute Gasteiger partial charge is 0.306 e. The van der Waals surface area contributed by atoms with Crippen LogP contribution in [0.2, 0.25) is 0 Å². The predicted molar refractivity (Wildman–Crippen MR) is 103 cm³/mol. The van der Waals surface area contributed by atoms with E-state index in [1.807, 2.05) is 31.2 Å². The summed E-state index contributed by atoms with van der Waals surface area (Å²) in [6.07, 6.45) is -0.275. The van der Waals surface area contributed by atoms with E-state index >= 15 is 0 Å². The molecule has 148 valence electrons. The van der Waals surface area contributed by atoms with Crippen molar-refractivity contribution in [3.63, 3.8) is 0 Å². The fraction of sp³-hybridized carbons (Fsp3) is 0.333. The maximum absolute atomic E-state index is 12.3. The fourth-order valence-corrected chi connectivity index (χ4v) is 2.74. The van der Waals surface area contributed by atoms with Crippen LogP contribution in [-0.2, 0) is 20.7 Å². The van der Waals surface area contributed by atoms with Gasteiger partial charge >= 0.3 is 5.97 Å². The van der Waals surface area contributed by atoms with Gasteiger partial charge in [-0.05, 0) is 50.1 Å². The number of anilines is 1. The number of para-hydroxylation sites is 2. The molecular formula is C21H23NO6. The topological polar surface area (TPSA) is 83.1 Å². The normalized spacial score (nSPS) is 12.9. The summed E-state index contributed by atoms with van der Waals surface area (Å²) in [7, 11) is 0. The van der Waals surface area contributed by atoms with E-state index in [1.54, 1.807) is 18.2 Å². The first-order valence-electron chi connectivity index (χ1n) is 9.17. The van der Waals surface area contributed by atoms with Crippen molar-refractivity contribution < 1.29 is 28.5 Å². The molecule has 0 aromatic heterocycles. The number of aryl methyl sites for hydroxylation is 1. The number of carbonyl (C=O) groups is 2. The maximum Gasteiger partial charge on any atom is 0.306 e. The van der Waals surface area contributed by atoms with Crippen molar-refractivity contribution in [2.24, 2.45) is 0 Å². The highest BCUT2D eigenvalue weighted by Crippen LogP contribution is 2.32. The second kappa shape index (κ2) is 9.12. The van der Waals surface area contributed by atoms with Gasteiger partial charge in [-0.1, -0.05) is 18.2 Å². The number of benzene rings is 2. The van der Waals surface area contributed by atoms with E-state index in [0.717, 1.165) is 5.56 Å². The molecule has 1 aliphatic heterocycles. The quantitative estimate of drug-likeness (QED) is 0.702. The second-order valence-electron chi connectivity index (χ2n) is 6.24. The summed E-state index contributed by atoms with van der Waals surface area (Å²) in [6, 6.07) is 12.6. The Balaban J connectivity index is 1.49. The molecule has 2 aromatic rings. The van der Waals surface area contributed by atoms with E-state index in [9.17, 15) is 9.59 Å². The zero-order valence-corrected chi connectivity index (χ0v) is 15.9. The van der Waals surface area contributed by atoms with Crippen LogP contribution >= 0.6 is 0 Å². The van der Waals surface area contributed by atoms with Crippen molar-refractivity contribution in [2.45, 2.75) is 32.8 Å². The van der Waals surface area contributed by atoms with Crippen LogP contribution in [0.15, 0.2) is 42.5 Å². The van der Waals surface area contributed by atoms with Gasteiger partial charge in [0.25, 0.3) is 5.91 Å². The third-order valence-electron chi connectivity index (χ3n) is 4.18. The van der Waals surface area contributed by atoms with Gasteiger partial charge in [0.15, 0.2) is 17.6 Å². The van der Waals surface area contributed by atoms with Crippen LogP contribution in [0.3, 0.4) is 0 Å². The van der Waals surface area contributed by atoms with Crippen LogP contribution in [0.5, 0.6) is 17.2 Å². The van der Waals surface area contributed by atoms with Crippen LogP contribution in [0.25, 0.3) is 0 Å². The van der Waals surface area contributed by atoms with Gasteiger partial charge in [-0.2, -0.15) is 0 Å². The van der Waals surface area contributed by atoms with Crippen molar-refractivity contribution in [3.05, 3.63) is 48.0 Å². The SMILES string of the molecule is CCOc1ccccc1NC(=O)C(C)OC(=O)CCc1ccc2c(c1)OCO2. The summed E-state index contributed by atoms with van der Waals surface area (Å²) >= 11 is 0. The van der Waals surface area contributed by atoms with Gasteiger partial charge in [-0.15, -0.1) is 0 Å². The number of amides is 1. The third kappa shape index (κ3) is 4.94. The van der Waals surface area contributed by atoms with E-state index in [1.165, 1.54) is 6.92 Å². The van der Waals surface area contributed by atoms with Crippen molar-refractivity contribution in [1.82, 2.24) is 0 Å². The van der Waals surface area contributed by atoms with E-state index in [0.29, 0.717) is 36.0 Å². The molecule has 0 fully saturated rings. The Bertz CT molecular complexity index is 851. The number of rotatable bonds is 8. The Hall–Kier alpha value is -3.22. The highest BCUT2D eigenvalue weighted by atomic mass is 16.7. The first kappa shape index (κ1) is 19.5.